The maximum atomic E-state index is 11.9. The van der Waals surface area contributed by atoms with Gasteiger partial charge in [-0.15, -0.1) is 0 Å². The molecule has 0 saturated heterocycles. The van der Waals surface area contributed by atoms with Gasteiger partial charge in [0.2, 0.25) is 10.0 Å². The van der Waals surface area contributed by atoms with Crippen molar-refractivity contribution in [3.63, 3.8) is 0 Å². The van der Waals surface area contributed by atoms with Gasteiger partial charge < -0.3 is 0 Å². The fraction of sp³-hybridized carbons (Fsp3) is 0.308. The number of aromatic nitrogens is 2. The number of nitrogens with one attached hydrogen (secondary N) is 1. The first-order valence-corrected chi connectivity index (χ1v) is 7.61. The summed E-state index contributed by atoms with van der Waals surface area (Å²) in [6, 6.07) is 10.3. The lowest BCUT2D eigenvalue weighted by Gasteiger charge is -2.06. The Kier molecular flexibility index (Phi) is 4.34. The molecule has 1 aromatic heterocycles. The van der Waals surface area contributed by atoms with Crippen LogP contribution in [0.4, 0.5) is 0 Å². The molecule has 0 aliphatic rings. The fourth-order valence-electron chi connectivity index (χ4n) is 1.72. The number of rotatable bonds is 6. The molecule has 0 unspecified atom stereocenters. The molecule has 2 aromatic rings. The quantitative estimate of drug-likeness (QED) is 0.816. The molecule has 0 atom stereocenters. The number of aryl methyl sites for hydroxylation is 2. The average molecular weight is 279 g/mol. The van der Waals surface area contributed by atoms with E-state index >= 15 is 0 Å². The van der Waals surface area contributed by atoms with E-state index in [9.17, 15) is 8.42 Å². The second-order valence-corrected chi connectivity index (χ2v) is 6.05. The predicted octanol–water partition coefficient (Wildman–Crippen LogP) is 1.56. The van der Waals surface area contributed by atoms with Gasteiger partial charge in [0.25, 0.3) is 0 Å². The van der Waals surface area contributed by atoms with Crippen LogP contribution in [-0.4, -0.2) is 24.7 Å². The first kappa shape index (κ1) is 13.8. The summed E-state index contributed by atoms with van der Waals surface area (Å²) >= 11 is 0. The van der Waals surface area contributed by atoms with Crippen molar-refractivity contribution in [2.45, 2.75) is 24.8 Å². The van der Waals surface area contributed by atoms with Crippen LogP contribution in [0.1, 0.15) is 12.1 Å². The molecule has 1 N–H and O–H groups in total. The Labute approximate surface area is 113 Å². The van der Waals surface area contributed by atoms with Gasteiger partial charge in [-0.05, 0) is 31.5 Å². The third-order valence-corrected chi connectivity index (χ3v) is 4.16. The van der Waals surface area contributed by atoms with Gasteiger partial charge in [-0.3, -0.25) is 4.68 Å². The van der Waals surface area contributed by atoms with Crippen LogP contribution in [0, 0.1) is 6.92 Å². The highest BCUT2D eigenvalue weighted by Gasteiger charge is 2.11. The van der Waals surface area contributed by atoms with Crippen LogP contribution >= 0.6 is 0 Å². The fourth-order valence-corrected chi connectivity index (χ4v) is 2.81. The van der Waals surface area contributed by atoms with Crippen LogP contribution in [0.5, 0.6) is 0 Å². The maximum absolute atomic E-state index is 11.9. The second-order valence-electron chi connectivity index (χ2n) is 4.28. The van der Waals surface area contributed by atoms with E-state index in [1.54, 1.807) is 30.3 Å². The van der Waals surface area contributed by atoms with Crippen molar-refractivity contribution in [2.24, 2.45) is 0 Å². The molecule has 0 aliphatic carbocycles. The molecule has 6 heteroatoms. The highest BCUT2D eigenvalue weighted by Crippen LogP contribution is 2.06. The van der Waals surface area contributed by atoms with E-state index in [2.05, 4.69) is 9.82 Å². The van der Waals surface area contributed by atoms with Gasteiger partial charge in [0.1, 0.15) is 0 Å². The van der Waals surface area contributed by atoms with E-state index in [1.165, 1.54) is 0 Å². The van der Waals surface area contributed by atoms with Crippen LogP contribution in [0.3, 0.4) is 0 Å². The van der Waals surface area contributed by atoms with Crippen molar-refractivity contribution in [1.29, 1.82) is 0 Å². The smallest absolute Gasteiger partial charge is 0.240 e. The summed E-state index contributed by atoms with van der Waals surface area (Å²) in [6.45, 7) is 3.02. The van der Waals surface area contributed by atoms with Crippen molar-refractivity contribution in [2.75, 3.05) is 6.54 Å². The standard InChI is InChI=1S/C13H17N3O2S/c1-12-8-11-16(15-12)10-5-9-14-19(17,18)13-6-3-2-4-7-13/h2-4,6-8,11,14H,5,9-10H2,1H3. The molecule has 0 amide bonds. The van der Waals surface area contributed by atoms with Gasteiger partial charge in [-0.2, -0.15) is 5.10 Å². The lowest BCUT2D eigenvalue weighted by atomic mass is 10.4. The van der Waals surface area contributed by atoms with E-state index in [0.29, 0.717) is 24.4 Å². The first-order valence-electron chi connectivity index (χ1n) is 6.13. The Balaban J connectivity index is 1.82. The van der Waals surface area contributed by atoms with E-state index in [1.807, 2.05) is 23.9 Å². The van der Waals surface area contributed by atoms with Crippen molar-refractivity contribution in [1.82, 2.24) is 14.5 Å². The van der Waals surface area contributed by atoms with Crippen molar-refractivity contribution >= 4 is 10.0 Å². The third-order valence-electron chi connectivity index (χ3n) is 2.68. The van der Waals surface area contributed by atoms with E-state index < -0.39 is 10.0 Å². The molecule has 102 valence electrons. The van der Waals surface area contributed by atoms with Crippen molar-refractivity contribution in [3.8, 4) is 0 Å². The zero-order valence-electron chi connectivity index (χ0n) is 10.8. The topological polar surface area (TPSA) is 64.0 Å². The minimum absolute atomic E-state index is 0.296. The van der Waals surface area contributed by atoms with Crippen LogP contribution in [0.25, 0.3) is 0 Å². The monoisotopic (exact) mass is 279 g/mol. The zero-order chi connectivity index (χ0) is 13.7. The largest absolute Gasteiger partial charge is 0.272 e. The van der Waals surface area contributed by atoms with E-state index in [0.717, 1.165) is 5.69 Å². The molecule has 0 spiro atoms. The van der Waals surface area contributed by atoms with Gasteiger partial charge in [0.15, 0.2) is 0 Å². The van der Waals surface area contributed by atoms with E-state index in [4.69, 9.17) is 0 Å². The molecule has 0 aliphatic heterocycles. The normalized spacial score (nSPS) is 11.6. The van der Waals surface area contributed by atoms with Crippen LogP contribution in [-0.2, 0) is 16.6 Å². The molecule has 0 bridgehead atoms. The summed E-state index contributed by atoms with van der Waals surface area (Å²) in [6.07, 6.45) is 2.59. The molecular weight excluding hydrogens is 262 g/mol. The van der Waals surface area contributed by atoms with Crippen molar-refractivity contribution in [3.05, 3.63) is 48.3 Å². The molecular formula is C13H17N3O2S. The second kappa shape index (κ2) is 5.99. The minimum atomic E-state index is -3.39. The molecule has 1 heterocycles. The Morgan fingerprint density at radius 3 is 2.58 bits per heavy atom. The SMILES string of the molecule is Cc1ccn(CCCNS(=O)(=O)c2ccccc2)n1. The molecule has 0 fully saturated rings. The molecule has 5 nitrogen and oxygen atoms in total. The van der Waals surface area contributed by atoms with Crippen LogP contribution < -0.4 is 4.72 Å². The lowest BCUT2D eigenvalue weighted by molar-refractivity contribution is 0.551. The summed E-state index contributed by atoms with van der Waals surface area (Å²) in [5, 5.41) is 4.24. The van der Waals surface area contributed by atoms with E-state index in [-0.39, 0.29) is 0 Å². The van der Waals surface area contributed by atoms with Gasteiger partial charge in [-0.1, -0.05) is 18.2 Å². The molecule has 1 aromatic carbocycles. The summed E-state index contributed by atoms with van der Waals surface area (Å²) in [4.78, 5) is 0.296. The predicted molar refractivity (Wildman–Crippen MR) is 73.2 cm³/mol. The van der Waals surface area contributed by atoms with Crippen LogP contribution in [0.15, 0.2) is 47.5 Å². The summed E-state index contributed by atoms with van der Waals surface area (Å²) in [5.41, 5.74) is 0.963. The lowest BCUT2D eigenvalue weighted by Crippen LogP contribution is -2.25. The molecule has 19 heavy (non-hydrogen) atoms. The molecule has 2 rings (SSSR count). The number of benzene rings is 1. The Bertz CT molecular complexity index is 620. The summed E-state index contributed by atoms with van der Waals surface area (Å²) in [5.74, 6) is 0. The number of nitrogens with zero attached hydrogens (tertiary/aromatic N) is 2. The molecule has 0 radical (unpaired) electrons. The summed E-state index contributed by atoms with van der Waals surface area (Å²) < 4.78 is 28.2. The minimum Gasteiger partial charge on any atom is -0.272 e. The van der Waals surface area contributed by atoms with Gasteiger partial charge in [0.05, 0.1) is 10.6 Å². The Morgan fingerprint density at radius 2 is 1.95 bits per heavy atom. The first-order chi connectivity index (χ1) is 9.08. The average Bonchev–Trinajstić information content (AvgIpc) is 2.82. The third kappa shape index (κ3) is 3.90. The Hall–Kier alpha value is -1.66. The summed E-state index contributed by atoms with van der Waals surface area (Å²) in [7, 11) is -3.39. The maximum Gasteiger partial charge on any atom is 0.240 e. The number of sulfonamides is 1. The van der Waals surface area contributed by atoms with Gasteiger partial charge in [-0.25, -0.2) is 13.1 Å². The van der Waals surface area contributed by atoms with Crippen molar-refractivity contribution < 1.29 is 8.42 Å². The molecule has 0 saturated carbocycles. The van der Waals surface area contributed by atoms with Gasteiger partial charge >= 0.3 is 0 Å². The number of hydrogen-bond acceptors (Lipinski definition) is 3. The highest BCUT2D eigenvalue weighted by molar-refractivity contribution is 7.89. The number of hydrogen-bond donors (Lipinski definition) is 1. The zero-order valence-corrected chi connectivity index (χ0v) is 11.6. The van der Waals surface area contributed by atoms with Gasteiger partial charge in [0, 0.05) is 19.3 Å². The van der Waals surface area contributed by atoms with Crippen LogP contribution in [0.2, 0.25) is 0 Å². The highest BCUT2D eigenvalue weighted by atomic mass is 32.2. The Morgan fingerprint density at radius 1 is 1.21 bits per heavy atom.